The normalized spacial score (nSPS) is 10.1. The molecular weight excluding hydrogens is 202 g/mol. The topological polar surface area (TPSA) is 76.7 Å². The molecular formula is C11H13N5. The molecule has 0 aliphatic heterocycles. The zero-order chi connectivity index (χ0) is 11.4. The Morgan fingerprint density at radius 2 is 2.12 bits per heavy atom. The van der Waals surface area contributed by atoms with Crippen LogP contribution in [0.15, 0.2) is 30.7 Å². The van der Waals surface area contributed by atoms with Crippen molar-refractivity contribution in [2.24, 2.45) is 0 Å². The van der Waals surface area contributed by atoms with Gasteiger partial charge in [0.05, 0.1) is 12.2 Å². The van der Waals surface area contributed by atoms with E-state index in [2.05, 4.69) is 20.3 Å². The fraction of sp³-hybridized carbons (Fsp3) is 0.182. The third kappa shape index (κ3) is 2.25. The highest BCUT2D eigenvalue weighted by atomic mass is 15.0. The molecule has 0 aliphatic rings. The van der Waals surface area contributed by atoms with E-state index in [1.807, 2.05) is 25.1 Å². The smallest absolute Gasteiger partial charge is 0.134 e. The Hall–Kier alpha value is -2.17. The van der Waals surface area contributed by atoms with Gasteiger partial charge in [0.2, 0.25) is 0 Å². The average Bonchev–Trinajstić information content (AvgIpc) is 2.32. The number of hydrogen-bond acceptors (Lipinski definition) is 5. The van der Waals surface area contributed by atoms with Gasteiger partial charge >= 0.3 is 0 Å². The van der Waals surface area contributed by atoms with Gasteiger partial charge < -0.3 is 11.1 Å². The van der Waals surface area contributed by atoms with Crippen LogP contribution in [0.3, 0.4) is 0 Å². The van der Waals surface area contributed by atoms with Crippen molar-refractivity contribution in [3.8, 4) is 0 Å². The Balaban J connectivity index is 2.08. The fourth-order valence-corrected chi connectivity index (χ4v) is 1.32. The van der Waals surface area contributed by atoms with E-state index in [9.17, 15) is 0 Å². The second kappa shape index (κ2) is 4.57. The molecule has 2 heterocycles. The summed E-state index contributed by atoms with van der Waals surface area (Å²) in [5.41, 5.74) is 7.50. The first kappa shape index (κ1) is 10.4. The van der Waals surface area contributed by atoms with Crippen molar-refractivity contribution in [2.45, 2.75) is 13.5 Å². The quantitative estimate of drug-likeness (QED) is 0.808. The minimum atomic E-state index is 0.499. The van der Waals surface area contributed by atoms with Crippen LogP contribution in [-0.4, -0.2) is 15.0 Å². The summed E-state index contributed by atoms with van der Waals surface area (Å²) < 4.78 is 0. The summed E-state index contributed by atoms with van der Waals surface area (Å²) in [4.78, 5) is 12.2. The molecule has 0 unspecified atom stereocenters. The van der Waals surface area contributed by atoms with Crippen molar-refractivity contribution in [3.05, 3.63) is 42.0 Å². The number of aromatic nitrogens is 3. The first-order chi connectivity index (χ1) is 7.77. The molecule has 0 saturated carbocycles. The van der Waals surface area contributed by atoms with Crippen LogP contribution in [0.4, 0.5) is 11.6 Å². The van der Waals surface area contributed by atoms with Gasteiger partial charge in [0, 0.05) is 11.8 Å². The molecule has 2 aromatic heterocycles. The maximum absolute atomic E-state index is 5.68. The molecule has 5 nitrogen and oxygen atoms in total. The van der Waals surface area contributed by atoms with Crippen molar-refractivity contribution in [3.63, 3.8) is 0 Å². The summed E-state index contributed by atoms with van der Waals surface area (Å²) in [5.74, 6) is 1.25. The van der Waals surface area contributed by atoms with Crippen LogP contribution in [0.25, 0.3) is 0 Å². The van der Waals surface area contributed by atoms with Gasteiger partial charge in [-0.15, -0.1) is 0 Å². The number of nitrogens with two attached hydrogens (primary N) is 1. The van der Waals surface area contributed by atoms with Crippen molar-refractivity contribution in [1.29, 1.82) is 0 Å². The zero-order valence-corrected chi connectivity index (χ0v) is 9.01. The van der Waals surface area contributed by atoms with Crippen molar-refractivity contribution in [1.82, 2.24) is 15.0 Å². The summed E-state index contributed by atoms with van der Waals surface area (Å²) in [6.45, 7) is 2.51. The SMILES string of the molecule is Cc1c(N)ncnc1NCc1ccccn1. The van der Waals surface area contributed by atoms with Gasteiger partial charge in [-0.3, -0.25) is 4.98 Å². The Morgan fingerprint density at radius 3 is 2.88 bits per heavy atom. The van der Waals surface area contributed by atoms with E-state index in [4.69, 9.17) is 5.73 Å². The first-order valence-corrected chi connectivity index (χ1v) is 4.98. The minimum Gasteiger partial charge on any atom is -0.383 e. The highest BCUT2D eigenvalue weighted by molar-refractivity contribution is 5.53. The molecule has 0 amide bonds. The molecule has 2 rings (SSSR count). The van der Waals surface area contributed by atoms with E-state index < -0.39 is 0 Å². The van der Waals surface area contributed by atoms with Gasteiger partial charge in [-0.25, -0.2) is 9.97 Å². The van der Waals surface area contributed by atoms with Gasteiger partial charge in [-0.1, -0.05) is 6.07 Å². The van der Waals surface area contributed by atoms with E-state index in [0.29, 0.717) is 12.4 Å². The van der Waals surface area contributed by atoms with Crippen LogP contribution in [0.5, 0.6) is 0 Å². The van der Waals surface area contributed by atoms with Gasteiger partial charge in [0.1, 0.15) is 18.0 Å². The highest BCUT2D eigenvalue weighted by Crippen LogP contribution is 2.15. The van der Waals surface area contributed by atoms with Crippen molar-refractivity contribution < 1.29 is 0 Å². The second-order valence-electron chi connectivity index (χ2n) is 3.41. The fourth-order valence-electron chi connectivity index (χ4n) is 1.32. The largest absolute Gasteiger partial charge is 0.383 e. The third-order valence-corrected chi connectivity index (χ3v) is 2.29. The standard InChI is InChI=1S/C11H13N5/c1-8-10(12)15-7-16-11(8)14-6-9-4-2-3-5-13-9/h2-5,7H,6H2,1H3,(H3,12,14,15,16). The molecule has 2 aromatic rings. The summed E-state index contributed by atoms with van der Waals surface area (Å²) >= 11 is 0. The highest BCUT2D eigenvalue weighted by Gasteiger charge is 2.03. The average molecular weight is 215 g/mol. The van der Waals surface area contributed by atoms with Gasteiger partial charge in [0.15, 0.2) is 0 Å². The Bertz CT molecular complexity index is 469. The lowest BCUT2D eigenvalue weighted by atomic mass is 10.3. The maximum atomic E-state index is 5.68. The lowest BCUT2D eigenvalue weighted by Crippen LogP contribution is -2.06. The van der Waals surface area contributed by atoms with Crippen molar-refractivity contribution in [2.75, 3.05) is 11.1 Å². The number of nitrogens with one attached hydrogen (secondary N) is 1. The van der Waals surface area contributed by atoms with Crippen LogP contribution in [0.1, 0.15) is 11.3 Å². The Labute approximate surface area is 93.8 Å². The van der Waals surface area contributed by atoms with Crippen molar-refractivity contribution >= 4 is 11.6 Å². The van der Waals surface area contributed by atoms with Crippen LogP contribution in [0.2, 0.25) is 0 Å². The summed E-state index contributed by atoms with van der Waals surface area (Å²) in [6, 6.07) is 5.79. The van der Waals surface area contributed by atoms with Crippen LogP contribution in [-0.2, 0) is 6.54 Å². The van der Waals surface area contributed by atoms with Gasteiger partial charge in [0.25, 0.3) is 0 Å². The van der Waals surface area contributed by atoms with Crippen LogP contribution < -0.4 is 11.1 Å². The lowest BCUT2D eigenvalue weighted by molar-refractivity contribution is 1.01. The molecule has 82 valence electrons. The van der Waals surface area contributed by atoms with E-state index in [-0.39, 0.29) is 0 Å². The van der Waals surface area contributed by atoms with E-state index in [0.717, 1.165) is 17.1 Å². The van der Waals surface area contributed by atoms with E-state index >= 15 is 0 Å². The molecule has 0 aliphatic carbocycles. The minimum absolute atomic E-state index is 0.499. The number of rotatable bonds is 3. The van der Waals surface area contributed by atoms with Gasteiger partial charge in [-0.2, -0.15) is 0 Å². The summed E-state index contributed by atoms with van der Waals surface area (Å²) in [7, 11) is 0. The zero-order valence-electron chi connectivity index (χ0n) is 9.01. The summed E-state index contributed by atoms with van der Waals surface area (Å²) in [5, 5.41) is 3.18. The van der Waals surface area contributed by atoms with Crippen LogP contribution >= 0.6 is 0 Å². The second-order valence-corrected chi connectivity index (χ2v) is 3.41. The molecule has 0 radical (unpaired) electrons. The molecule has 0 aromatic carbocycles. The number of anilines is 2. The molecule has 0 atom stereocenters. The molecule has 0 fully saturated rings. The molecule has 5 heteroatoms. The lowest BCUT2D eigenvalue weighted by Gasteiger charge is -2.08. The molecule has 16 heavy (non-hydrogen) atoms. The molecule has 0 spiro atoms. The predicted molar refractivity (Wildman–Crippen MR) is 62.7 cm³/mol. The van der Waals surface area contributed by atoms with E-state index in [1.165, 1.54) is 6.33 Å². The van der Waals surface area contributed by atoms with Gasteiger partial charge in [-0.05, 0) is 19.1 Å². The first-order valence-electron chi connectivity index (χ1n) is 4.98. The Kier molecular flexibility index (Phi) is 2.95. The molecule has 0 saturated heterocycles. The number of nitrogen functional groups attached to an aromatic ring is 1. The molecule has 0 bridgehead atoms. The third-order valence-electron chi connectivity index (χ3n) is 2.29. The molecule has 3 N–H and O–H groups in total. The van der Waals surface area contributed by atoms with E-state index in [1.54, 1.807) is 6.20 Å². The maximum Gasteiger partial charge on any atom is 0.134 e. The monoisotopic (exact) mass is 215 g/mol. The number of nitrogens with zero attached hydrogens (tertiary/aromatic N) is 3. The number of pyridine rings is 1. The predicted octanol–water partition coefficient (Wildman–Crippen LogP) is 1.37. The summed E-state index contributed by atoms with van der Waals surface area (Å²) in [6.07, 6.45) is 3.21. The Morgan fingerprint density at radius 1 is 1.25 bits per heavy atom. The van der Waals surface area contributed by atoms with Crippen LogP contribution in [0, 0.1) is 6.92 Å². The number of hydrogen-bond donors (Lipinski definition) is 2.